The van der Waals surface area contributed by atoms with Crippen LogP contribution in [0.4, 0.5) is 5.69 Å². The van der Waals surface area contributed by atoms with Gasteiger partial charge in [0.1, 0.15) is 10.7 Å². The number of hydrogen-bond donors (Lipinski definition) is 0. The van der Waals surface area contributed by atoms with Crippen molar-refractivity contribution in [3.05, 3.63) is 84.9 Å². The van der Waals surface area contributed by atoms with Gasteiger partial charge in [-0.25, -0.2) is 0 Å². The summed E-state index contributed by atoms with van der Waals surface area (Å²) in [5.41, 5.74) is 2.80. The third-order valence-corrected chi connectivity index (χ3v) is 6.07. The highest BCUT2D eigenvalue weighted by Gasteiger charge is 2.23. The van der Waals surface area contributed by atoms with Crippen molar-refractivity contribution in [2.24, 2.45) is 0 Å². The zero-order valence-corrected chi connectivity index (χ0v) is 17.8. The maximum absolute atomic E-state index is 13.2. The Morgan fingerprint density at radius 3 is 2.13 bits per heavy atom. The van der Waals surface area contributed by atoms with Crippen molar-refractivity contribution in [3.8, 4) is 11.3 Å². The number of para-hydroxylation sites is 1. The molecule has 0 N–H and O–H groups in total. The van der Waals surface area contributed by atoms with E-state index in [1.54, 1.807) is 0 Å². The van der Waals surface area contributed by atoms with E-state index < -0.39 is 0 Å². The van der Waals surface area contributed by atoms with Gasteiger partial charge in [0, 0.05) is 28.6 Å². The predicted molar refractivity (Wildman–Crippen MR) is 125 cm³/mol. The topological polar surface area (TPSA) is 46.1 Å². The van der Waals surface area contributed by atoms with E-state index in [2.05, 4.69) is 16.3 Å². The summed E-state index contributed by atoms with van der Waals surface area (Å²) in [6, 6.07) is 27.9. The molecule has 4 rings (SSSR count). The molecule has 3 aromatic carbocycles. The Kier molecular flexibility index (Phi) is 6.10. The number of amides is 1. The number of thioether (sulfide) groups is 1. The second kappa shape index (κ2) is 9.09. The Labute approximate surface area is 181 Å². The summed E-state index contributed by atoms with van der Waals surface area (Å²) in [6.45, 7) is 4.54. The third-order valence-electron chi connectivity index (χ3n) is 4.99. The average molecular weight is 414 g/mol. The van der Waals surface area contributed by atoms with Crippen molar-refractivity contribution in [1.82, 2.24) is 10.2 Å². The Morgan fingerprint density at radius 2 is 1.47 bits per heavy atom. The first-order valence-electron chi connectivity index (χ1n) is 10.0. The number of fused-ring (bicyclic) bond motifs is 1. The standard InChI is InChI=1S/C25H23N3OS/c1-3-28(20-14-8-5-9-15-20)25(29)18(2)30-24-22-17-11-10-16-21(22)23(26-27-24)19-12-6-4-7-13-19/h4-18H,3H2,1-2H3/t18-/m0/s1. The lowest BCUT2D eigenvalue weighted by Gasteiger charge is -2.24. The van der Waals surface area contributed by atoms with Crippen molar-refractivity contribution in [2.45, 2.75) is 24.1 Å². The third kappa shape index (κ3) is 4.07. The van der Waals surface area contributed by atoms with Crippen LogP contribution in [0.1, 0.15) is 13.8 Å². The van der Waals surface area contributed by atoms with E-state index in [4.69, 9.17) is 0 Å². The summed E-state index contributed by atoms with van der Waals surface area (Å²) in [5, 5.41) is 11.6. The zero-order valence-electron chi connectivity index (χ0n) is 17.0. The van der Waals surface area contributed by atoms with Crippen LogP contribution in [-0.2, 0) is 4.79 Å². The summed E-state index contributed by atoms with van der Waals surface area (Å²) < 4.78 is 0. The molecule has 0 radical (unpaired) electrons. The van der Waals surface area contributed by atoms with E-state index in [-0.39, 0.29) is 11.2 Å². The Bertz CT molecular complexity index is 1150. The molecular formula is C25H23N3OS. The van der Waals surface area contributed by atoms with Gasteiger partial charge in [0.25, 0.3) is 0 Å². The summed E-state index contributed by atoms with van der Waals surface area (Å²) in [5.74, 6) is 0.0618. The van der Waals surface area contributed by atoms with Crippen LogP contribution in [0, 0.1) is 0 Å². The first kappa shape index (κ1) is 20.1. The Morgan fingerprint density at radius 1 is 0.867 bits per heavy atom. The second-order valence-electron chi connectivity index (χ2n) is 6.94. The molecule has 0 unspecified atom stereocenters. The number of carbonyl (C=O) groups is 1. The summed E-state index contributed by atoms with van der Waals surface area (Å²) in [6.07, 6.45) is 0. The lowest BCUT2D eigenvalue weighted by Crippen LogP contribution is -2.36. The lowest BCUT2D eigenvalue weighted by atomic mass is 10.1. The Hall–Kier alpha value is -3.18. The molecule has 30 heavy (non-hydrogen) atoms. The summed E-state index contributed by atoms with van der Waals surface area (Å²) in [4.78, 5) is 15.0. The molecule has 1 amide bonds. The van der Waals surface area contributed by atoms with Gasteiger partial charge in [-0.2, -0.15) is 0 Å². The maximum atomic E-state index is 13.2. The molecule has 0 aliphatic carbocycles. The van der Waals surface area contributed by atoms with Crippen molar-refractivity contribution in [3.63, 3.8) is 0 Å². The monoisotopic (exact) mass is 413 g/mol. The van der Waals surface area contributed by atoms with Crippen LogP contribution in [0.5, 0.6) is 0 Å². The number of anilines is 1. The van der Waals surface area contributed by atoms with Gasteiger partial charge in [0.15, 0.2) is 0 Å². The van der Waals surface area contributed by atoms with Crippen LogP contribution in [0.25, 0.3) is 22.0 Å². The molecule has 0 bridgehead atoms. The molecule has 150 valence electrons. The van der Waals surface area contributed by atoms with Gasteiger partial charge in [-0.05, 0) is 26.0 Å². The number of carbonyl (C=O) groups excluding carboxylic acids is 1. The van der Waals surface area contributed by atoms with E-state index in [1.165, 1.54) is 11.8 Å². The molecule has 0 aliphatic heterocycles. The first-order valence-corrected chi connectivity index (χ1v) is 10.9. The van der Waals surface area contributed by atoms with E-state index in [0.717, 1.165) is 32.7 Å². The molecular weight excluding hydrogens is 390 g/mol. The highest BCUT2D eigenvalue weighted by atomic mass is 32.2. The van der Waals surface area contributed by atoms with Gasteiger partial charge in [-0.15, -0.1) is 10.2 Å². The fraction of sp³-hybridized carbons (Fsp3) is 0.160. The average Bonchev–Trinajstić information content (AvgIpc) is 2.81. The van der Waals surface area contributed by atoms with Gasteiger partial charge in [-0.3, -0.25) is 4.79 Å². The quantitative estimate of drug-likeness (QED) is 0.373. The SMILES string of the molecule is CCN(C(=O)[C@H](C)Sc1nnc(-c2ccccc2)c2ccccc12)c1ccccc1. The molecule has 5 heteroatoms. The van der Waals surface area contributed by atoms with Crippen molar-refractivity contribution in [1.29, 1.82) is 0 Å². The minimum absolute atomic E-state index is 0.0618. The summed E-state index contributed by atoms with van der Waals surface area (Å²) >= 11 is 1.46. The fourth-order valence-electron chi connectivity index (χ4n) is 3.49. The predicted octanol–water partition coefficient (Wildman–Crippen LogP) is 5.83. The van der Waals surface area contributed by atoms with Crippen LogP contribution in [-0.4, -0.2) is 27.9 Å². The first-order chi connectivity index (χ1) is 14.7. The van der Waals surface area contributed by atoms with Gasteiger partial charge in [-0.1, -0.05) is 84.6 Å². The van der Waals surface area contributed by atoms with Crippen LogP contribution < -0.4 is 4.90 Å². The molecule has 0 saturated heterocycles. The number of aromatic nitrogens is 2. The molecule has 1 heterocycles. The van der Waals surface area contributed by atoms with Gasteiger partial charge < -0.3 is 4.90 Å². The Balaban J connectivity index is 1.65. The minimum Gasteiger partial charge on any atom is -0.312 e. The highest BCUT2D eigenvalue weighted by molar-refractivity contribution is 8.00. The normalized spacial score (nSPS) is 11.9. The van der Waals surface area contributed by atoms with Crippen LogP contribution in [0.15, 0.2) is 90.0 Å². The van der Waals surface area contributed by atoms with Gasteiger partial charge >= 0.3 is 0 Å². The van der Waals surface area contributed by atoms with Crippen LogP contribution in [0.3, 0.4) is 0 Å². The largest absolute Gasteiger partial charge is 0.312 e. The van der Waals surface area contributed by atoms with Crippen molar-refractivity contribution < 1.29 is 4.79 Å². The van der Waals surface area contributed by atoms with Crippen molar-refractivity contribution in [2.75, 3.05) is 11.4 Å². The van der Waals surface area contributed by atoms with Gasteiger partial charge in [0.05, 0.1) is 5.25 Å². The number of benzene rings is 3. The van der Waals surface area contributed by atoms with E-state index in [9.17, 15) is 4.79 Å². The van der Waals surface area contributed by atoms with Crippen molar-refractivity contribution >= 4 is 34.1 Å². The molecule has 1 atom stereocenters. The molecule has 0 saturated carbocycles. The number of nitrogens with zero attached hydrogens (tertiary/aromatic N) is 3. The van der Waals surface area contributed by atoms with Crippen LogP contribution >= 0.6 is 11.8 Å². The van der Waals surface area contributed by atoms with Gasteiger partial charge in [0.2, 0.25) is 5.91 Å². The number of rotatable bonds is 6. The molecule has 0 fully saturated rings. The smallest absolute Gasteiger partial charge is 0.240 e. The molecule has 4 nitrogen and oxygen atoms in total. The number of hydrogen-bond acceptors (Lipinski definition) is 4. The fourth-order valence-corrected chi connectivity index (χ4v) is 4.44. The lowest BCUT2D eigenvalue weighted by molar-refractivity contribution is -0.117. The van der Waals surface area contributed by atoms with E-state index in [0.29, 0.717) is 6.54 Å². The molecule has 1 aromatic heterocycles. The molecule has 0 spiro atoms. The minimum atomic E-state index is -0.287. The second-order valence-corrected chi connectivity index (χ2v) is 8.27. The highest BCUT2D eigenvalue weighted by Crippen LogP contribution is 2.34. The maximum Gasteiger partial charge on any atom is 0.240 e. The molecule has 0 aliphatic rings. The summed E-state index contributed by atoms with van der Waals surface area (Å²) in [7, 11) is 0. The van der Waals surface area contributed by atoms with E-state index in [1.807, 2.05) is 97.6 Å². The van der Waals surface area contributed by atoms with Crippen LogP contribution in [0.2, 0.25) is 0 Å². The molecule has 4 aromatic rings. The zero-order chi connectivity index (χ0) is 20.9. The van der Waals surface area contributed by atoms with E-state index >= 15 is 0 Å².